The van der Waals surface area contributed by atoms with Crippen LogP contribution in [0.15, 0.2) is 50.6 Å². The Morgan fingerprint density at radius 3 is 0.900 bits per heavy atom. The molecule has 0 radical (unpaired) electrons. The Hall–Kier alpha value is -2.22. The van der Waals surface area contributed by atoms with Crippen molar-refractivity contribution < 1.29 is 0 Å². The Morgan fingerprint density at radius 1 is 0.550 bits per heavy atom. The van der Waals surface area contributed by atoms with Gasteiger partial charge in [0.1, 0.15) is 0 Å². The third kappa shape index (κ3) is 3.02. The molecule has 1 aromatic rings. The van der Waals surface area contributed by atoms with Gasteiger partial charge in [0.25, 0.3) is 0 Å². The molecule has 0 fully saturated rings. The van der Waals surface area contributed by atoms with Crippen LogP contribution in [-0.2, 0) is 25.7 Å². The zero-order valence-electron chi connectivity index (χ0n) is 12.1. The van der Waals surface area contributed by atoms with Gasteiger partial charge in [-0.1, -0.05) is 24.3 Å². The molecule has 0 saturated carbocycles. The van der Waals surface area contributed by atoms with Crippen molar-refractivity contribution in [2.75, 3.05) is 11.5 Å². The minimum atomic E-state index is 0.706. The molecule has 0 amide bonds. The number of benzene rings is 1. The molecule has 2 heteroatoms. The lowest BCUT2D eigenvalue weighted by Gasteiger charge is -2.21. The van der Waals surface area contributed by atoms with Crippen LogP contribution in [0.3, 0.4) is 0 Å². The highest BCUT2D eigenvalue weighted by Gasteiger charge is 2.18. The number of hydrogen-bond donors (Lipinski definition) is 2. The highest BCUT2D eigenvalue weighted by molar-refractivity contribution is 5.72. The summed E-state index contributed by atoms with van der Waals surface area (Å²) in [6.45, 7) is 15.2. The summed E-state index contributed by atoms with van der Waals surface area (Å²) in [7, 11) is 0. The summed E-state index contributed by atoms with van der Waals surface area (Å²) in [6.07, 6.45) is 10.2. The molecule has 106 valence electrons. The quantitative estimate of drug-likeness (QED) is 0.557. The molecule has 0 aliphatic carbocycles. The fraction of sp³-hybridized carbons (Fsp3) is 0.222. The van der Waals surface area contributed by atoms with Crippen molar-refractivity contribution in [1.29, 1.82) is 0 Å². The van der Waals surface area contributed by atoms with Crippen molar-refractivity contribution in [1.82, 2.24) is 0 Å². The number of nitrogens with two attached hydrogens (primary N) is 2. The monoisotopic (exact) mass is 268 g/mol. The molecule has 1 aromatic carbocycles. The van der Waals surface area contributed by atoms with E-state index in [1.165, 1.54) is 0 Å². The number of nitrogen functional groups attached to an aromatic ring is 2. The summed E-state index contributed by atoms with van der Waals surface area (Å²) < 4.78 is 0. The number of hydrogen-bond acceptors (Lipinski definition) is 2. The molecule has 1 rings (SSSR count). The van der Waals surface area contributed by atoms with E-state index in [-0.39, 0.29) is 0 Å². The van der Waals surface area contributed by atoms with Gasteiger partial charge in [-0.2, -0.15) is 0 Å². The molecule has 0 unspecified atom stereocenters. The summed E-state index contributed by atoms with van der Waals surface area (Å²) >= 11 is 0. The third-order valence-electron chi connectivity index (χ3n) is 3.42. The van der Waals surface area contributed by atoms with Crippen molar-refractivity contribution in [3.05, 3.63) is 72.9 Å². The third-order valence-corrected chi connectivity index (χ3v) is 3.42. The molecule has 0 aromatic heterocycles. The molecule has 20 heavy (non-hydrogen) atoms. The van der Waals surface area contributed by atoms with E-state index >= 15 is 0 Å². The maximum Gasteiger partial charge on any atom is 0.0392 e. The van der Waals surface area contributed by atoms with Crippen molar-refractivity contribution in [2.45, 2.75) is 25.7 Å². The summed E-state index contributed by atoms with van der Waals surface area (Å²) in [5.41, 5.74) is 18.6. The average Bonchev–Trinajstić information content (AvgIpc) is 2.44. The molecular formula is C18H24N2. The van der Waals surface area contributed by atoms with Gasteiger partial charge in [-0.05, 0) is 47.9 Å². The lowest BCUT2D eigenvalue weighted by Crippen LogP contribution is -2.12. The van der Waals surface area contributed by atoms with Gasteiger partial charge in [0, 0.05) is 11.4 Å². The SMILES string of the molecule is C=CCc1c(N)c(CC=C)c(CC=C)c(N)c1CC=C. The lowest BCUT2D eigenvalue weighted by atomic mass is 9.87. The Labute approximate surface area is 122 Å². The van der Waals surface area contributed by atoms with Crippen molar-refractivity contribution >= 4 is 11.4 Å². The van der Waals surface area contributed by atoms with Gasteiger partial charge >= 0.3 is 0 Å². The lowest BCUT2D eigenvalue weighted by molar-refractivity contribution is 1.09. The van der Waals surface area contributed by atoms with Crippen molar-refractivity contribution in [3.63, 3.8) is 0 Å². The van der Waals surface area contributed by atoms with Gasteiger partial charge in [0.05, 0.1) is 0 Å². The Morgan fingerprint density at radius 2 is 0.750 bits per heavy atom. The van der Waals surface area contributed by atoms with Crippen LogP contribution >= 0.6 is 0 Å². The van der Waals surface area contributed by atoms with Crippen molar-refractivity contribution in [3.8, 4) is 0 Å². The van der Waals surface area contributed by atoms with Gasteiger partial charge in [0.15, 0.2) is 0 Å². The first-order valence-corrected chi connectivity index (χ1v) is 6.76. The maximum atomic E-state index is 6.37. The largest absolute Gasteiger partial charge is 0.398 e. The zero-order valence-corrected chi connectivity index (χ0v) is 12.1. The molecule has 0 saturated heterocycles. The average molecular weight is 268 g/mol. The Kier molecular flexibility index (Phi) is 5.85. The molecule has 0 aliphatic rings. The second kappa shape index (κ2) is 7.39. The summed E-state index contributed by atoms with van der Waals surface area (Å²) in [5.74, 6) is 0. The van der Waals surface area contributed by atoms with Crippen LogP contribution in [0, 0.1) is 0 Å². The zero-order chi connectivity index (χ0) is 15.1. The van der Waals surface area contributed by atoms with Crippen LogP contribution in [0.5, 0.6) is 0 Å². The van der Waals surface area contributed by atoms with Crippen LogP contribution in [0.25, 0.3) is 0 Å². The van der Waals surface area contributed by atoms with Crippen LogP contribution < -0.4 is 11.5 Å². The second-order valence-corrected chi connectivity index (χ2v) is 4.71. The number of allylic oxidation sites excluding steroid dienone is 4. The molecule has 0 aliphatic heterocycles. The van der Waals surface area contributed by atoms with Gasteiger partial charge in [-0.3, -0.25) is 0 Å². The molecule has 2 nitrogen and oxygen atoms in total. The first-order valence-electron chi connectivity index (χ1n) is 6.76. The Balaban J connectivity index is 3.66. The Bertz CT molecular complexity index is 445. The predicted molar refractivity (Wildman–Crippen MR) is 90.9 cm³/mol. The van der Waals surface area contributed by atoms with Gasteiger partial charge in [0.2, 0.25) is 0 Å². The van der Waals surface area contributed by atoms with E-state index in [1.807, 2.05) is 24.3 Å². The normalized spacial score (nSPS) is 10.0. The molecule has 4 N–H and O–H groups in total. The van der Waals surface area contributed by atoms with E-state index in [1.54, 1.807) is 0 Å². The smallest absolute Gasteiger partial charge is 0.0392 e. The molecule has 0 atom stereocenters. The fourth-order valence-electron chi connectivity index (χ4n) is 2.52. The first-order chi connectivity index (χ1) is 9.62. The molecule has 0 bridgehead atoms. The van der Waals surface area contributed by atoms with E-state index in [2.05, 4.69) is 26.3 Å². The van der Waals surface area contributed by atoms with Gasteiger partial charge < -0.3 is 11.5 Å². The predicted octanol–water partition coefficient (Wildman–Crippen LogP) is 3.77. The molecule has 0 heterocycles. The summed E-state index contributed by atoms with van der Waals surface area (Å²) in [6, 6.07) is 0. The number of anilines is 2. The summed E-state index contributed by atoms with van der Waals surface area (Å²) in [4.78, 5) is 0. The standard InChI is InChI=1S/C18H24N2/c1-5-9-13-14(10-6-2)18(20)16(12-8-4)15(11-7-3)17(13)19/h5-8H,1-4,9-12,19-20H2. The minimum Gasteiger partial charge on any atom is -0.398 e. The second-order valence-electron chi connectivity index (χ2n) is 4.71. The van der Waals surface area contributed by atoms with Crippen LogP contribution in [0.2, 0.25) is 0 Å². The highest BCUT2D eigenvalue weighted by atomic mass is 14.6. The van der Waals surface area contributed by atoms with E-state index in [9.17, 15) is 0 Å². The van der Waals surface area contributed by atoms with Gasteiger partial charge in [-0.25, -0.2) is 0 Å². The highest BCUT2D eigenvalue weighted by Crippen LogP contribution is 2.34. The van der Waals surface area contributed by atoms with E-state index in [0.717, 1.165) is 33.6 Å². The van der Waals surface area contributed by atoms with Crippen LogP contribution in [0.1, 0.15) is 22.3 Å². The summed E-state index contributed by atoms with van der Waals surface area (Å²) in [5, 5.41) is 0. The maximum absolute atomic E-state index is 6.37. The molecule has 0 spiro atoms. The van der Waals surface area contributed by atoms with Gasteiger partial charge in [-0.15, -0.1) is 26.3 Å². The van der Waals surface area contributed by atoms with Crippen LogP contribution in [0.4, 0.5) is 11.4 Å². The van der Waals surface area contributed by atoms with E-state index in [4.69, 9.17) is 11.5 Å². The molecular weight excluding hydrogens is 244 g/mol. The van der Waals surface area contributed by atoms with Crippen LogP contribution in [-0.4, -0.2) is 0 Å². The topological polar surface area (TPSA) is 52.0 Å². The minimum absolute atomic E-state index is 0.706. The van der Waals surface area contributed by atoms with E-state index in [0.29, 0.717) is 25.7 Å². The van der Waals surface area contributed by atoms with E-state index < -0.39 is 0 Å². The first kappa shape index (κ1) is 15.8. The number of rotatable bonds is 8. The fourth-order valence-corrected chi connectivity index (χ4v) is 2.52. The van der Waals surface area contributed by atoms with Crippen molar-refractivity contribution in [2.24, 2.45) is 0 Å².